The van der Waals surface area contributed by atoms with Gasteiger partial charge in [-0.3, -0.25) is 9.36 Å². The first-order valence-corrected chi connectivity index (χ1v) is 7.11. The smallest absolute Gasteiger partial charge is 0.331 e. The average molecular weight is 336 g/mol. The number of hydrogen-bond donors (Lipinski definition) is 1. The zero-order valence-corrected chi connectivity index (χ0v) is 12.8. The molecule has 3 rings (SSSR count). The molecular formula is C16H11F3N2OS. The van der Waals surface area contributed by atoms with Crippen LogP contribution in [0.1, 0.15) is 11.1 Å². The molecule has 0 spiro atoms. The fourth-order valence-electron chi connectivity index (χ4n) is 2.38. The third-order valence-electron chi connectivity index (χ3n) is 3.48. The average Bonchev–Trinajstić information content (AvgIpc) is 2.48. The second-order valence-electron chi connectivity index (χ2n) is 5.17. The molecule has 23 heavy (non-hydrogen) atoms. The molecule has 0 saturated heterocycles. The summed E-state index contributed by atoms with van der Waals surface area (Å²) in [6.07, 6.45) is -4.49. The van der Waals surface area contributed by atoms with Crippen LogP contribution in [-0.2, 0) is 6.18 Å². The third-order valence-corrected chi connectivity index (χ3v) is 3.77. The summed E-state index contributed by atoms with van der Waals surface area (Å²) in [5, 5.41) is 0.371. The highest BCUT2D eigenvalue weighted by Crippen LogP contribution is 2.30. The minimum absolute atomic E-state index is 0.0469. The van der Waals surface area contributed by atoms with Crippen molar-refractivity contribution in [2.75, 3.05) is 0 Å². The van der Waals surface area contributed by atoms with Crippen molar-refractivity contribution < 1.29 is 13.2 Å². The molecule has 0 radical (unpaired) electrons. The van der Waals surface area contributed by atoms with Crippen LogP contribution in [0.4, 0.5) is 13.2 Å². The van der Waals surface area contributed by atoms with Crippen molar-refractivity contribution in [3.05, 3.63) is 68.7 Å². The second kappa shape index (κ2) is 5.34. The van der Waals surface area contributed by atoms with Crippen LogP contribution < -0.4 is 5.56 Å². The number of benzene rings is 2. The summed E-state index contributed by atoms with van der Waals surface area (Å²) < 4.78 is 39.7. The van der Waals surface area contributed by atoms with Gasteiger partial charge in [0, 0.05) is 0 Å². The molecular weight excluding hydrogens is 325 g/mol. The number of nitrogens with one attached hydrogen (secondary N) is 1. The summed E-state index contributed by atoms with van der Waals surface area (Å²) in [6.45, 7) is 1.83. The first kappa shape index (κ1) is 15.5. The molecule has 0 amide bonds. The maximum absolute atomic E-state index is 12.9. The van der Waals surface area contributed by atoms with Gasteiger partial charge in [-0.15, -0.1) is 0 Å². The molecule has 1 heterocycles. The van der Waals surface area contributed by atoms with Crippen LogP contribution in [0.25, 0.3) is 16.6 Å². The predicted octanol–water partition coefficient (Wildman–Crippen LogP) is 4.38. The minimum atomic E-state index is -4.49. The molecule has 0 atom stereocenters. The van der Waals surface area contributed by atoms with E-state index >= 15 is 0 Å². The predicted molar refractivity (Wildman–Crippen MR) is 84.5 cm³/mol. The number of hydrogen-bond acceptors (Lipinski definition) is 2. The molecule has 0 bridgehead atoms. The highest BCUT2D eigenvalue weighted by molar-refractivity contribution is 7.71. The van der Waals surface area contributed by atoms with E-state index in [1.54, 1.807) is 12.1 Å². The summed E-state index contributed by atoms with van der Waals surface area (Å²) >= 11 is 5.14. The van der Waals surface area contributed by atoms with Crippen molar-refractivity contribution in [2.24, 2.45) is 0 Å². The molecule has 7 heteroatoms. The summed E-state index contributed by atoms with van der Waals surface area (Å²) in [5.41, 5.74) is 0.214. The Morgan fingerprint density at radius 3 is 2.57 bits per heavy atom. The number of aromatic amines is 1. The van der Waals surface area contributed by atoms with E-state index in [9.17, 15) is 18.0 Å². The maximum Gasteiger partial charge on any atom is 0.416 e. The normalized spacial score (nSPS) is 11.8. The zero-order chi connectivity index (χ0) is 16.8. The SMILES string of the molecule is Cc1ccc2[nH]c(=S)n(-c3cccc(C(F)(F)F)c3)c(=O)c2c1. The van der Waals surface area contributed by atoms with E-state index in [-0.39, 0.29) is 10.5 Å². The Hall–Kier alpha value is -2.41. The Morgan fingerprint density at radius 1 is 1.13 bits per heavy atom. The largest absolute Gasteiger partial charge is 0.416 e. The van der Waals surface area contributed by atoms with Crippen LogP contribution in [0.5, 0.6) is 0 Å². The molecule has 0 saturated carbocycles. The molecule has 0 unspecified atom stereocenters. The highest BCUT2D eigenvalue weighted by atomic mass is 32.1. The molecule has 0 aliphatic rings. The molecule has 118 valence electrons. The van der Waals surface area contributed by atoms with E-state index in [2.05, 4.69) is 4.98 Å². The van der Waals surface area contributed by atoms with E-state index in [1.807, 2.05) is 13.0 Å². The number of aromatic nitrogens is 2. The lowest BCUT2D eigenvalue weighted by atomic mass is 10.1. The zero-order valence-electron chi connectivity index (χ0n) is 11.9. The van der Waals surface area contributed by atoms with E-state index < -0.39 is 17.3 Å². The Labute approximate surface area is 134 Å². The number of aryl methyl sites for hydroxylation is 1. The lowest BCUT2D eigenvalue weighted by Gasteiger charge is -2.11. The van der Waals surface area contributed by atoms with Gasteiger partial charge in [-0.2, -0.15) is 13.2 Å². The van der Waals surface area contributed by atoms with Gasteiger partial charge in [-0.1, -0.05) is 17.7 Å². The Morgan fingerprint density at radius 2 is 1.87 bits per heavy atom. The van der Waals surface area contributed by atoms with Gasteiger partial charge in [0.1, 0.15) is 0 Å². The van der Waals surface area contributed by atoms with E-state index in [0.717, 1.165) is 22.3 Å². The number of alkyl halides is 3. The number of rotatable bonds is 1. The van der Waals surface area contributed by atoms with Gasteiger partial charge in [0.05, 0.1) is 22.2 Å². The van der Waals surface area contributed by atoms with Gasteiger partial charge in [0.2, 0.25) is 0 Å². The lowest BCUT2D eigenvalue weighted by Crippen LogP contribution is -2.21. The molecule has 1 aromatic heterocycles. The lowest BCUT2D eigenvalue weighted by molar-refractivity contribution is -0.137. The van der Waals surface area contributed by atoms with Crippen LogP contribution in [0, 0.1) is 11.7 Å². The molecule has 3 nitrogen and oxygen atoms in total. The van der Waals surface area contributed by atoms with E-state index in [4.69, 9.17) is 12.2 Å². The second-order valence-corrected chi connectivity index (χ2v) is 5.55. The Bertz CT molecular complexity index is 1020. The van der Waals surface area contributed by atoms with Gasteiger partial charge >= 0.3 is 6.18 Å². The summed E-state index contributed by atoms with van der Waals surface area (Å²) in [4.78, 5) is 15.5. The van der Waals surface area contributed by atoms with Gasteiger partial charge in [-0.05, 0) is 49.5 Å². The van der Waals surface area contributed by atoms with Crippen LogP contribution in [0.2, 0.25) is 0 Å². The van der Waals surface area contributed by atoms with Gasteiger partial charge in [0.15, 0.2) is 4.77 Å². The molecule has 0 fully saturated rings. The van der Waals surface area contributed by atoms with Crippen LogP contribution in [0.3, 0.4) is 0 Å². The summed E-state index contributed by atoms with van der Waals surface area (Å²) in [7, 11) is 0. The van der Waals surface area contributed by atoms with Crippen molar-refractivity contribution in [1.29, 1.82) is 0 Å². The fraction of sp³-hybridized carbons (Fsp3) is 0.125. The first-order valence-electron chi connectivity index (χ1n) is 6.71. The quantitative estimate of drug-likeness (QED) is 0.670. The fourth-order valence-corrected chi connectivity index (χ4v) is 2.68. The minimum Gasteiger partial charge on any atom is -0.331 e. The maximum atomic E-state index is 12.9. The van der Waals surface area contributed by atoms with Gasteiger partial charge < -0.3 is 4.98 Å². The monoisotopic (exact) mass is 336 g/mol. The van der Waals surface area contributed by atoms with Crippen LogP contribution in [0.15, 0.2) is 47.3 Å². The van der Waals surface area contributed by atoms with Crippen LogP contribution >= 0.6 is 12.2 Å². The number of fused-ring (bicyclic) bond motifs is 1. The standard InChI is InChI=1S/C16H11F3N2OS/c1-9-5-6-13-12(7-9)14(22)21(15(23)20-13)11-4-2-3-10(8-11)16(17,18)19/h2-8H,1H3,(H,20,23). The Balaban J connectivity index is 2.33. The number of halogens is 3. The van der Waals surface area contributed by atoms with Crippen LogP contribution in [-0.4, -0.2) is 9.55 Å². The van der Waals surface area contributed by atoms with E-state index in [0.29, 0.717) is 10.9 Å². The Kier molecular flexibility index (Phi) is 3.60. The third kappa shape index (κ3) is 2.79. The van der Waals surface area contributed by atoms with Gasteiger partial charge in [0.25, 0.3) is 5.56 Å². The molecule has 2 aromatic carbocycles. The molecule has 3 aromatic rings. The molecule has 0 aliphatic carbocycles. The van der Waals surface area contributed by atoms with Crippen molar-refractivity contribution >= 4 is 23.1 Å². The van der Waals surface area contributed by atoms with Crippen molar-refractivity contribution in [1.82, 2.24) is 9.55 Å². The van der Waals surface area contributed by atoms with E-state index in [1.165, 1.54) is 12.1 Å². The topological polar surface area (TPSA) is 37.8 Å². The van der Waals surface area contributed by atoms with Crippen molar-refractivity contribution in [3.63, 3.8) is 0 Å². The summed E-state index contributed by atoms with van der Waals surface area (Å²) in [6, 6.07) is 9.74. The van der Waals surface area contributed by atoms with Gasteiger partial charge in [-0.25, -0.2) is 0 Å². The van der Waals surface area contributed by atoms with Crippen molar-refractivity contribution in [2.45, 2.75) is 13.1 Å². The highest BCUT2D eigenvalue weighted by Gasteiger charge is 2.30. The number of H-pyrrole nitrogens is 1. The molecule has 0 aliphatic heterocycles. The summed E-state index contributed by atoms with van der Waals surface area (Å²) in [5.74, 6) is 0. The first-order chi connectivity index (χ1) is 10.8. The number of nitrogens with zero attached hydrogens (tertiary/aromatic N) is 1. The molecule has 1 N–H and O–H groups in total. The van der Waals surface area contributed by atoms with Crippen molar-refractivity contribution in [3.8, 4) is 5.69 Å².